The zero-order valence-corrected chi connectivity index (χ0v) is 31.5. The molecule has 1 aromatic carbocycles. The summed E-state index contributed by atoms with van der Waals surface area (Å²) >= 11 is 0. The van der Waals surface area contributed by atoms with Gasteiger partial charge >= 0.3 is 6.09 Å². The van der Waals surface area contributed by atoms with Crippen LogP contribution in [0.15, 0.2) is 18.3 Å². The quantitative estimate of drug-likeness (QED) is 0.160. The van der Waals surface area contributed by atoms with Gasteiger partial charge in [0.1, 0.15) is 18.0 Å². The number of nitrogens with zero attached hydrogens (tertiary/aromatic N) is 2. The Morgan fingerprint density at radius 3 is 2.54 bits per heavy atom. The van der Waals surface area contributed by atoms with Crippen LogP contribution in [0.25, 0.3) is 10.8 Å². The lowest BCUT2D eigenvalue weighted by Gasteiger charge is -2.29. The van der Waals surface area contributed by atoms with Crippen molar-refractivity contribution in [3.05, 3.63) is 29.5 Å². The summed E-state index contributed by atoms with van der Waals surface area (Å²) in [6.45, 7) is 11.2. The molecule has 0 spiro atoms. The van der Waals surface area contributed by atoms with E-state index in [0.717, 1.165) is 51.6 Å². The number of aromatic nitrogens is 1. The summed E-state index contributed by atoms with van der Waals surface area (Å²) in [5.41, 5.74) is 6.03. The van der Waals surface area contributed by atoms with Gasteiger partial charge in [0.25, 0.3) is 11.8 Å². The van der Waals surface area contributed by atoms with Gasteiger partial charge in [-0.2, -0.15) is 0 Å². The van der Waals surface area contributed by atoms with Crippen molar-refractivity contribution in [2.75, 3.05) is 53.6 Å². The summed E-state index contributed by atoms with van der Waals surface area (Å²) in [6.07, 6.45) is 6.00. The van der Waals surface area contributed by atoms with Gasteiger partial charge < -0.3 is 40.2 Å². The SMILES string of the molecule is CC[C@@H]1[C@H](F)C(=O)N[C@@H]1COc1ncc(C#C[C@H]2CC[C@H](CN(C)CCCOCCCNC(=O)OC(C)(C)C)CC2)c2cc(C(N)=O)c(OC)cc12. The van der Waals surface area contributed by atoms with E-state index < -0.39 is 41.6 Å². The van der Waals surface area contributed by atoms with E-state index in [1.165, 1.54) is 7.11 Å². The lowest BCUT2D eigenvalue weighted by molar-refractivity contribution is -0.124. The predicted octanol–water partition coefficient (Wildman–Crippen LogP) is 5.00. The molecule has 0 bridgehead atoms. The molecule has 0 unspecified atom stereocenters. The standard InChI is InChI=1S/C39H56FN5O7/c1-7-28-32(44-36(47)34(28)40)24-51-37-30-21-33(49-6)31(35(41)46)20-29(30)27(22-43-37)15-14-25-10-12-26(13-11-25)23-45(5)17-9-19-50-18-8-16-42-38(48)52-39(2,3)4/h20-22,25-26,28,32,34H,7-13,16-19,23-24H2,1-6H3,(H2,41,46)(H,42,48)(H,44,47)/t25-,26-,28-,32+,34-/m0/s1. The average molecular weight is 726 g/mol. The topological polar surface area (TPSA) is 154 Å². The minimum absolute atomic E-state index is 0.0422. The third kappa shape index (κ3) is 11.7. The van der Waals surface area contributed by atoms with E-state index in [1.54, 1.807) is 18.3 Å². The first-order valence-corrected chi connectivity index (χ1v) is 18.4. The zero-order valence-electron chi connectivity index (χ0n) is 31.5. The highest BCUT2D eigenvalue weighted by Gasteiger charge is 2.42. The van der Waals surface area contributed by atoms with Crippen molar-refractivity contribution in [2.24, 2.45) is 23.5 Å². The number of fused-ring (bicyclic) bond motifs is 1. The summed E-state index contributed by atoms with van der Waals surface area (Å²) in [5, 5.41) is 6.65. The molecule has 2 fully saturated rings. The maximum atomic E-state index is 14.4. The number of carbonyl (C=O) groups is 3. The third-order valence-electron chi connectivity index (χ3n) is 9.57. The van der Waals surface area contributed by atoms with E-state index in [-0.39, 0.29) is 29.7 Å². The first kappa shape index (κ1) is 40.6. The highest BCUT2D eigenvalue weighted by Crippen LogP contribution is 2.34. The number of primary amides is 1. The van der Waals surface area contributed by atoms with Gasteiger partial charge in [-0.1, -0.05) is 18.8 Å². The Balaban J connectivity index is 1.27. The second kappa shape index (κ2) is 19.1. The molecule has 286 valence electrons. The number of halogens is 1. The normalized spacial score (nSPS) is 21.7. The molecule has 4 N–H and O–H groups in total. The number of rotatable bonds is 16. The van der Waals surface area contributed by atoms with Gasteiger partial charge in [0, 0.05) is 61.7 Å². The fourth-order valence-electron chi connectivity index (χ4n) is 6.83. The van der Waals surface area contributed by atoms with E-state index in [9.17, 15) is 18.8 Å². The van der Waals surface area contributed by atoms with Gasteiger partial charge in [0.05, 0.1) is 24.3 Å². The molecule has 1 saturated carbocycles. The third-order valence-corrected chi connectivity index (χ3v) is 9.57. The lowest BCUT2D eigenvalue weighted by atomic mass is 9.82. The van der Waals surface area contributed by atoms with Gasteiger partial charge in [-0.25, -0.2) is 14.2 Å². The van der Waals surface area contributed by atoms with Crippen molar-refractivity contribution in [2.45, 2.75) is 90.5 Å². The van der Waals surface area contributed by atoms with E-state index in [2.05, 4.69) is 39.4 Å². The number of ether oxygens (including phenoxy) is 4. The van der Waals surface area contributed by atoms with Gasteiger partial charge in [0.15, 0.2) is 6.17 Å². The molecule has 1 aromatic heterocycles. The molecule has 1 aliphatic carbocycles. The van der Waals surface area contributed by atoms with Gasteiger partial charge in [-0.3, -0.25) is 9.59 Å². The van der Waals surface area contributed by atoms with Crippen molar-refractivity contribution in [1.29, 1.82) is 0 Å². The smallest absolute Gasteiger partial charge is 0.407 e. The number of benzene rings is 1. The highest BCUT2D eigenvalue weighted by molar-refractivity contribution is 6.03. The van der Waals surface area contributed by atoms with Crippen LogP contribution in [0.2, 0.25) is 0 Å². The van der Waals surface area contributed by atoms with E-state index in [4.69, 9.17) is 24.7 Å². The van der Waals surface area contributed by atoms with Crippen LogP contribution in [0, 0.1) is 29.6 Å². The number of carbonyl (C=O) groups excluding carboxylic acids is 3. The van der Waals surface area contributed by atoms with Crippen molar-refractivity contribution >= 4 is 28.7 Å². The molecule has 2 aromatic rings. The van der Waals surface area contributed by atoms with Crippen LogP contribution >= 0.6 is 0 Å². The molecular weight excluding hydrogens is 669 g/mol. The van der Waals surface area contributed by atoms with Crippen molar-refractivity contribution in [3.8, 4) is 23.5 Å². The molecule has 1 aliphatic heterocycles. The summed E-state index contributed by atoms with van der Waals surface area (Å²) in [5.74, 6) is 6.41. The van der Waals surface area contributed by atoms with Crippen molar-refractivity contribution in [3.63, 3.8) is 0 Å². The number of methoxy groups -OCH3 is 1. The summed E-state index contributed by atoms with van der Waals surface area (Å²) < 4.78 is 36.8. The largest absolute Gasteiger partial charge is 0.496 e. The molecule has 2 heterocycles. The Morgan fingerprint density at radius 1 is 1.13 bits per heavy atom. The monoisotopic (exact) mass is 725 g/mol. The molecule has 52 heavy (non-hydrogen) atoms. The maximum Gasteiger partial charge on any atom is 0.407 e. The Bertz CT molecular complexity index is 1600. The minimum atomic E-state index is -1.57. The molecule has 2 aliphatic rings. The zero-order chi connectivity index (χ0) is 37.8. The van der Waals surface area contributed by atoms with Crippen LogP contribution in [-0.2, 0) is 14.3 Å². The van der Waals surface area contributed by atoms with E-state index in [0.29, 0.717) is 48.4 Å². The van der Waals surface area contributed by atoms with Crippen LogP contribution in [0.3, 0.4) is 0 Å². The Labute approximate surface area is 307 Å². The summed E-state index contributed by atoms with van der Waals surface area (Å²) in [7, 11) is 3.61. The second-order valence-electron chi connectivity index (χ2n) is 14.8. The van der Waals surface area contributed by atoms with Crippen LogP contribution < -0.4 is 25.8 Å². The second-order valence-corrected chi connectivity index (χ2v) is 14.8. The lowest BCUT2D eigenvalue weighted by Crippen LogP contribution is -2.34. The molecule has 3 atom stereocenters. The maximum absolute atomic E-state index is 14.4. The molecular formula is C39H56FN5O7. The van der Waals surface area contributed by atoms with Gasteiger partial charge in [-0.05, 0) is 90.8 Å². The average Bonchev–Trinajstić information content (AvgIpc) is 3.38. The van der Waals surface area contributed by atoms with Crippen molar-refractivity contribution in [1.82, 2.24) is 20.5 Å². The summed E-state index contributed by atoms with van der Waals surface area (Å²) in [6, 6.07) is 2.82. The summed E-state index contributed by atoms with van der Waals surface area (Å²) in [4.78, 5) is 42.8. The number of amides is 3. The fraction of sp³-hybridized carbons (Fsp3) is 0.641. The van der Waals surface area contributed by atoms with Crippen LogP contribution in [0.5, 0.6) is 11.6 Å². The first-order valence-electron chi connectivity index (χ1n) is 18.4. The molecule has 1 saturated heterocycles. The Kier molecular flexibility index (Phi) is 14.9. The fourth-order valence-corrected chi connectivity index (χ4v) is 6.83. The Morgan fingerprint density at radius 2 is 1.87 bits per heavy atom. The van der Waals surface area contributed by atoms with Crippen LogP contribution in [0.4, 0.5) is 9.18 Å². The van der Waals surface area contributed by atoms with Crippen LogP contribution in [0.1, 0.15) is 88.6 Å². The number of hydrogen-bond donors (Lipinski definition) is 3. The van der Waals surface area contributed by atoms with Crippen molar-refractivity contribution < 1.29 is 37.7 Å². The molecule has 3 amide bonds. The number of nitrogens with two attached hydrogens (primary N) is 1. The molecule has 13 heteroatoms. The van der Waals surface area contributed by atoms with Crippen LogP contribution in [-0.4, -0.2) is 99.2 Å². The number of alkyl halides is 1. The van der Waals surface area contributed by atoms with E-state index >= 15 is 0 Å². The predicted molar refractivity (Wildman–Crippen MR) is 197 cm³/mol. The molecule has 12 nitrogen and oxygen atoms in total. The highest BCUT2D eigenvalue weighted by atomic mass is 19.1. The van der Waals surface area contributed by atoms with E-state index in [1.807, 2.05) is 27.7 Å². The molecule has 0 radical (unpaired) electrons. The van der Waals surface area contributed by atoms with Gasteiger partial charge in [0.2, 0.25) is 5.88 Å². The molecule has 4 rings (SSSR count). The number of alkyl carbamates (subject to hydrolysis) is 1. The number of hydrogen-bond acceptors (Lipinski definition) is 9. The Hall–Kier alpha value is -4.15. The first-order chi connectivity index (χ1) is 24.8. The number of nitrogens with one attached hydrogen (secondary N) is 2. The minimum Gasteiger partial charge on any atom is -0.496 e. The number of pyridine rings is 1. The van der Waals surface area contributed by atoms with Gasteiger partial charge in [-0.15, -0.1) is 0 Å².